The first-order chi connectivity index (χ1) is 15.5. The summed E-state index contributed by atoms with van der Waals surface area (Å²) < 4.78 is 6.23. The van der Waals surface area contributed by atoms with Crippen LogP contribution in [0.15, 0.2) is 18.2 Å². The van der Waals surface area contributed by atoms with Crippen LogP contribution in [0.25, 0.3) is 20.8 Å². The van der Waals surface area contributed by atoms with Crippen LogP contribution in [0.4, 0.5) is 5.00 Å². The number of ether oxygens (including phenoxy) is 1. The van der Waals surface area contributed by atoms with Crippen molar-refractivity contribution >= 4 is 43.8 Å². The number of nitrogens with zero attached hydrogens (tertiary/aromatic N) is 2. The van der Waals surface area contributed by atoms with Crippen molar-refractivity contribution in [3.63, 3.8) is 0 Å². The normalized spacial score (nSPS) is 14.3. The lowest BCUT2D eigenvalue weighted by Crippen LogP contribution is -2.35. The molecule has 3 heterocycles. The molecule has 0 bridgehead atoms. The second-order valence-electron chi connectivity index (χ2n) is 8.55. The number of nitrogens with one attached hydrogen (secondary N) is 2. The van der Waals surface area contributed by atoms with Crippen molar-refractivity contribution in [2.24, 2.45) is 0 Å². The molecule has 1 amide bonds. The van der Waals surface area contributed by atoms with Crippen LogP contribution in [-0.4, -0.2) is 55.2 Å². The number of benzene rings is 1. The number of methoxy groups -OCH3 is 1. The number of thiophene rings is 1. The second-order valence-corrected chi connectivity index (χ2v) is 10.7. The van der Waals surface area contributed by atoms with Gasteiger partial charge < -0.3 is 15.4 Å². The van der Waals surface area contributed by atoms with E-state index in [0.717, 1.165) is 47.1 Å². The van der Waals surface area contributed by atoms with Gasteiger partial charge in [0.25, 0.3) is 0 Å². The number of anilines is 1. The zero-order chi connectivity index (χ0) is 22.7. The summed E-state index contributed by atoms with van der Waals surface area (Å²) in [7, 11) is 1.68. The Morgan fingerprint density at radius 2 is 2.12 bits per heavy atom. The summed E-state index contributed by atoms with van der Waals surface area (Å²) in [5.74, 6) is 0.0347. The van der Waals surface area contributed by atoms with E-state index in [0.29, 0.717) is 25.6 Å². The third-order valence-electron chi connectivity index (χ3n) is 5.84. The van der Waals surface area contributed by atoms with Crippen LogP contribution in [0.5, 0.6) is 0 Å². The van der Waals surface area contributed by atoms with Gasteiger partial charge in [-0.05, 0) is 50.5 Å². The number of carbonyl (C=O) groups is 1. The summed E-state index contributed by atoms with van der Waals surface area (Å²) in [5.41, 5.74) is 4.73. The first-order valence-electron chi connectivity index (χ1n) is 11.2. The standard InChI is InChI=1S/C24H32N4O2S2/c1-15(2)28-11-8-17-20(14-28)32-24(27-21(29)7-9-25-10-12-30-4)22(17)23-26-18-13-16(3)5-6-19(18)31-23/h5-6,13,15,25H,7-12,14H2,1-4H3,(H,27,29). The van der Waals surface area contributed by atoms with Gasteiger partial charge in [-0.2, -0.15) is 0 Å². The molecule has 0 atom stereocenters. The van der Waals surface area contributed by atoms with Crippen molar-refractivity contribution in [1.82, 2.24) is 15.2 Å². The lowest BCUT2D eigenvalue weighted by Gasteiger charge is -2.30. The van der Waals surface area contributed by atoms with Crippen LogP contribution in [0.1, 0.15) is 36.3 Å². The molecule has 0 unspecified atom stereocenters. The fourth-order valence-electron chi connectivity index (χ4n) is 4.01. The van der Waals surface area contributed by atoms with Crippen LogP contribution in [0.2, 0.25) is 0 Å². The van der Waals surface area contributed by atoms with Crippen molar-refractivity contribution in [3.8, 4) is 10.6 Å². The highest BCUT2D eigenvalue weighted by atomic mass is 32.1. The molecule has 0 saturated heterocycles. The van der Waals surface area contributed by atoms with E-state index in [9.17, 15) is 4.79 Å². The minimum Gasteiger partial charge on any atom is -0.383 e. The molecule has 2 N–H and O–H groups in total. The van der Waals surface area contributed by atoms with E-state index in [1.807, 2.05) is 0 Å². The molecule has 1 aliphatic rings. The number of hydrogen-bond donors (Lipinski definition) is 2. The lowest BCUT2D eigenvalue weighted by molar-refractivity contribution is -0.116. The highest BCUT2D eigenvalue weighted by molar-refractivity contribution is 7.22. The Labute approximate surface area is 198 Å². The summed E-state index contributed by atoms with van der Waals surface area (Å²) in [6, 6.07) is 6.93. The number of aromatic nitrogens is 1. The molecule has 1 aromatic carbocycles. The van der Waals surface area contributed by atoms with E-state index >= 15 is 0 Å². The number of aryl methyl sites for hydroxylation is 1. The molecular formula is C24H32N4O2S2. The molecule has 0 fully saturated rings. The number of carbonyl (C=O) groups excluding carboxylic acids is 1. The monoisotopic (exact) mass is 472 g/mol. The molecule has 3 aromatic rings. The van der Waals surface area contributed by atoms with E-state index in [1.54, 1.807) is 29.8 Å². The maximum absolute atomic E-state index is 12.7. The number of thiazole rings is 1. The van der Waals surface area contributed by atoms with Crippen LogP contribution in [0.3, 0.4) is 0 Å². The van der Waals surface area contributed by atoms with Crippen LogP contribution in [0, 0.1) is 6.92 Å². The molecule has 32 heavy (non-hydrogen) atoms. The van der Waals surface area contributed by atoms with E-state index in [4.69, 9.17) is 9.72 Å². The average Bonchev–Trinajstić information content (AvgIpc) is 3.32. The SMILES string of the molecule is COCCNCCC(=O)Nc1sc2c(c1-c1nc3cc(C)ccc3s1)CCN(C(C)C)C2. The van der Waals surface area contributed by atoms with Gasteiger partial charge >= 0.3 is 0 Å². The van der Waals surface area contributed by atoms with Crippen molar-refractivity contribution in [2.75, 3.05) is 38.7 Å². The quantitative estimate of drug-likeness (QED) is 0.443. The molecule has 1 aliphatic heterocycles. The first-order valence-corrected chi connectivity index (χ1v) is 12.8. The van der Waals surface area contributed by atoms with Gasteiger partial charge in [0.05, 0.1) is 16.8 Å². The van der Waals surface area contributed by atoms with E-state index < -0.39 is 0 Å². The van der Waals surface area contributed by atoms with Crippen LogP contribution >= 0.6 is 22.7 Å². The predicted molar refractivity (Wildman–Crippen MR) is 135 cm³/mol. The molecule has 2 aromatic heterocycles. The number of amides is 1. The highest BCUT2D eigenvalue weighted by Crippen LogP contribution is 2.46. The molecule has 6 nitrogen and oxygen atoms in total. The topological polar surface area (TPSA) is 66.5 Å². The van der Waals surface area contributed by atoms with Gasteiger partial charge in [-0.25, -0.2) is 4.98 Å². The van der Waals surface area contributed by atoms with Crippen molar-refractivity contribution in [2.45, 2.75) is 46.2 Å². The fourth-order valence-corrected chi connectivity index (χ4v) is 6.39. The van der Waals surface area contributed by atoms with Crippen molar-refractivity contribution in [3.05, 3.63) is 34.2 Å². The smallest absolute Gasteiger partial charge is 0.226 e. The van der Waals surface area contributed by atoms with Gasteiger partial charge in [-0.15, -0.1) is 22.7 Å². The Hall–Kier alpha value is -1.84. The zero-order valence-corrected chi connectivity index (χ0v) is 20.9. The zero-order valence-electron chi connectivity index (χ0n) is 19.3. The Bertz CT molecular complexity index is 1090. The number of fused-ring (bicyclic) bond motifs is 2. The van der Waals surface area contributed by atoms with E-state index in [-0.39, 0.29) is 5.91 Å². The molecule has 8 heteroatoms. The Balaban J connectivity index is 1.62. The molecule has 0 radical (unpaired) electrons. The summed E-state index contributed by atoms with van der Waals surface area (Å²) >= 11 is 3.44. The molecule has 4 rings (SSSR count). The van der Waals surface area contributed by atoms with Gasteiger partial charge in [0.2, 0.25) is 5.91 Å². The van der Waals surface area contributed by atoms with Gasteiger partial charge in [-0.1, -0.05) is 6.07 Å². The third kappa shape index (κ3) is 5.21. The maximum Gasteiger partial charge on any atom is 0.226 e. The second kappa shape index (κ2) is 10.4. The van der Waals surface area contributed by atoms with Gasteiger partial charge in [-0.3, -0.25) is 9.69 Å². The molecule has 172 valence electrons. The summed E-state index contributed by atoms with van der Waals surface area (Å²) in [6.07, 6.45) is 1.42. The first kappa shape index (κ1) is 23.3. The Kier molecular flexibility index (Phi) is 7.58. The summed E-state index contributed by atoms with van der Waals surface area (Å²) in [6.45, 7) is 10.6. The molecule has 0 saturated carbocycles. The summed E-state index contributed by atoms with van der Waals surface area (Å²) in [4.78, 5) is 21.6. The Morgan fingerprint density at radius 3 is 2.91 bits per heavy atom. The molecular weight excluding hydrogens is 440 g/mol. The Morgan fingerprint density at radius 1 is 1.28 bits per heavy atom. The number of rotatable bonds is 9. The van der Waals surface area contributed by atoms with Crippen molar-refractivity contribution in [1.29, 1.82) is 0 Å². The highest BCUT2D eigenvalue weighted by Gasteiger charge is 2.28. The summed E-state index contributed by atoms with van der Waals surface area (Å²) in [5, 5.41) is 8.41. The third-order valence-corrected chi connectivity index (χ3v) is 8.02. The average molecular weight is 473 g/mol. The number of hydrogen-bond acceptors (Lipinski definition) is 7. The maximum atomic E-state index is 12.7. The fraction of sp³-hybridized carbons (Fsp3) is 0.500. The van der Waals surface area contributed by atoms with Crippen molar-refractivity contribution < 1.29 is 9.53 Å². The van der Waals surface area contributed by atoms with E-state index in [2.05, 4.69) is 54.5 Å². The molecule has 0 spiro atoms. The molecule has 0 aliphatic carbocycles. The minimum atomic E-state index is 0.0347. The van der Waals surface area contributed by atoms with Crippen LogP contribution < -0.4 is 10.6 Å². The van der Waals surface area contributed by atoms with Gasteiger partial charge in [0.15, 0.2) is 0 Å². The predicted octanol–water partition coefficient (Wildman–Crippen LogP) is 4.66. The largest absolute Gasteiger partial charge is 0.383 e. The van der Waals surface area contributed by atoms with Crippen LogP contribution in [-0.2, 0) is 22.5 Å². The van der Waals surface area contributed by atoms with Gasteiger partial charge in [0.1, 0.15) is 10.0 Å². The van der Waals surface area contributed by atoms with Gasteiger partial charge in [0, 0.05) is 56.2 Å². The minimum absolute atomic E-state index is 0.0347. The van der Waals surface area contributed by atoms with E-state index in [1.165, 1.54) is 20.7 Å². The lowest BCUT2D eigenvalue weighted by atomic mass is 10.0.